The summed E-state index contributed by atoms with van der Waals surface area (Å²) in [6.45, 7) is 1.43. The van der Waals surface area contributed by atoms with Crippen molar-refractivity contribution in [2.45, 2.75) is 38.6 Å². The molecule has 1 fully saturated rings. The first-order valence-electron chi connectivity index (χ1n) is 10.1. The number of hydrogen-bond donors (Lipinski definition) is 3. The third kappa shape index (κ3) is 4.42. The Labute approximate surface area is 178 Å². The molecule has 0 unspecified atom stereocenters. The van der Waals surface area contributed by atoms with Gasteiger partial charge in [0.05, 0.1) is 11.4 Å². The second-order valence-corrected chi connectivity index (χ2v) is 7.66. The van der Waals surface area contributed by atoms with Crippen molar-refractivity contribution in [2.75, 3.05) is 5.32 Å². The average Bonchev–Trinajstić information content (AvgIpc) is 3.10. The van der Waals surface area contributed by atoms with E-state index in [4.69, 9.17) is 0 Å². The van der Waals surface area contributed by atoms with E-state index >= 15 is 0 Å². The van der Waals surface area contributed by atoms with Crippen molar-refractivity contribution in [3.8, 4) is 17.0 Å². The number of aromatic nitrogens is 2. The van der Waals surface area contributed by atoms with Crippen LogP contribution < -0.4 is 10.6 Å². The number of halogens is 1. The van der Waals surface area contributed by atoms with Crippen LogP contribution in [0.4, 0.5) is 14.9 Å². The van der Waals surface area contributed by atoms with Gasteiger partial charge in [-0.2, -0.15) is 9.78 Å². The largest absolute Gasteiger partial charge is 0.507 e. The molecule has 2 amide bonds. The van der Waals surface area contributed by atoms with Crippen LogP contribution in [0.3, 0.4) is 0 Å². The third-order valence-electron chi connectivity index (χ3n) is 5.43. The van der Waals surface area contributed by atoms with E-state index in [2.05, 4.69) is 15.7 Å². The minimum absolute atomic E-state index is 0.0431. The SMILES string of the molecule is CC(=O)Nc1ccc(-c2cc(C3CCC3)n(C(=O)NCc3ccccc3F)n2)c(O)c1. The molecule has 1 aromatic heterocycles. The number of aromatic hydroxyl groups is 1. The zero-order valence-electron chi connectivity index (χ0n) is 17.1. The van der Waals surface area contributed by atoms with Gasteiger partial charge in [-0.1, -0.05) is 24.6 Å². The first-order chi connectivity index (χ1) is 14.9. The van der Waals surface area contributed by atoms with Crippen molar-refractivity contribution >= 4 is 17.6 Å². The van der Waals surface area contributed by atoms with Crippen LogP contribution in [0.5, 0.6) is 5.75 Å². The maximum atomic E-state index is 13.9. The van der Waals surface area contributed by atoms with Gasteiger partial charge in [-0.3, -0.25) is 4.79 Å². The van der Waals surface area contributed by atoms with Gasteiger partial charge in [0, 0.05) is 42.3 Å². The van der Waals surface area contributed by atoms with Crippen molar-refractivity contribution in [1.82, 2.24) is 15.1 Å². The van der Waals surface area contributed by atoms with E-state index in [1.54, 1.807) is 36.4 Å². The van der Waals surface area contributed by atoms with E-state index < -0.39 is 6.03 Å². The lowest BCUT2D eigenvalue weighted by atomic mass is 9.82. The van der Waals surface area contributed by atoms with Gasteiger partial charge >= 0.3 is 6.03 Å². The van der Waals surface area contributed by atoms with Crippen molar-refractivity contribution in [1.29, 1.82) is 0 Å². The van der Waals surface area contributed by atoms with Crippen LogP contribution in [0.1, 0.15) is 43.4 Å². The Kier molecular flexibility index (Phi) is 5.70. The fourth-order valence-corrected chi connectivity index (χ4v) is 3.60. The van der Waals surface area contributed by atoms with Crippen LogP contribution in [0.15, 0.2) is 48.5 Å². The molecule has 0 spiro atoms. The Balaban J connectivity index is 1.60. The Hall–Kier alpha value is -3.68. The zero-order chi connectivity index (χ0) is 22.0. The van der Waals surface area contributed by atoms with Crippen molar-refractivity contribution in [3.05, 3.63) is 65.6 Å². The normalized spacial score (nSPS) is 13.5. The molecule has 0 atom stereocenters. The molecule has 1 saturated carbocycles. The fourth-order valence-electron chi connectivity index (χ4n) is 3.60. The highest BCUT2D eigenvalue weighted by molar-refractivity contribution is 5.89. The topological polar surface area (TPSA) is 96.3 Å². The molecule has 0 radical (unpaired) electrons. The maximum absolute atomic E-state index is 13.9. The summed E-state index contributed by atoms with van der Waals surface area (Å²) in [7, 11) is 0. The van der Waals surface area contributed by atoms with Crippen LogP contribution in [0, 0.1) is 5.82 Å². The van der Waals surface area contributed by atoms with Crippen LogP contribution in [0.2, 0.25) is 0 Å². The number of phenolic OH excluding ortho intramolecular Hbond substituents is 1. The second-order valence-electron chi connectivity index (χ2n) is 7.66. The minimum atomic E-state index is -0.453. The molecule has 4 rings (SSSR count). The highest BCUT2D eigenvalue weighted by Gasteiger charge is 2.27. The lowest BCUT2D eigenvalue weighted by Crippen LogP contribution is -2.31. The predicted molar refractivity (Wildman–Crippen MR) is 114 cm³/mol. The molecule has 0 aliphatic heterocycles. The van der Waals surface area contributed by atoms with Crippen LogP contribution in [-0.4, -0.2) is 26.8 Å². The second kappa shape index (κ2) is 8.59. The van der Waals surface area contributed by atoms with Crippen molar-refractivity contribution in [2.24, 2.45) is 0 Å². The van der Waals surface area contributed by atoms with Gasteiger partial charge in [0.15, 0.2) is 0 Å². The lowest BCUT2D eigenvalue weighted by molar-refractivity contribution is -0.114. The Morgan fingerprint density at radius 2 is 1.97 bits per heavy atom. The first-order valence-corrected chi connectivity index (χ1v) is 10.1. The molecule has 2 aromatic carbocycles. The molecule has 1 aliphatic carbocycles. The summed E-state index contributed by atoms with van der Waals surface area (Å²) >= 11 is 0. The predicted octanol–water partition coefficient (Wildman–Crippen LogP) is 4.38. The van der Waals surface area contributed by atoms with Gasteiger partial charge in [0.25, 0.3) is 0 Å². The summed E-state index contributed by atoms with van der Waals surface area (Å²) in [5.41, 5.74) is 2.53. The number of hydrogen-bond acceptors (Lipinski definition) is 4. The Morgan fingerprint density at radius 3 is 2.61 bits per heavy atom. The number of phenols is 1. The summed E-state index contributed by atoms with van der Waals surface area (Å²) in [6.07, 6.45) is 3.00. The van der Waals surface area contributed by atoms with Crippen LogP contribution in [0.25, 0.3) is 11.3 Å². The van der Waals surface area contributed by atoms with E-state index in [1.165, 1.54) is 23.7 Å². The van der Waals surface area contributed by atoms with Crippen LogP contribution in [-0.2, 0) is 11.3 Å². The van der Waals surface area contributed by atoms with Crippen molar-refractivity contribution in [3.63, 3.8) is 0 Å². The van der Waals surface area contributed by atoms with Gasteiger partial charge in [0.2, 0.25) is 5.91 Å². The van der Waals surface area contributed by atoms with Gasteiger partial charge in [-0.15, -0.1) is 0 Å². The highest BCUT2D eigenvalue weighted by atomic mass is 19.1. The molecule has 0 saturated heterocycles. The number of amides is 2. The smallest absolute Gasteiger partial charge is 0.342 e. The molecular weight excluding hydrogens is 399 g/mol. The lowest BCUT2D eigenvalue weighted by Gasteiger charge is -2.25. The summed E-state index contributed by atoms with van der Waals surface area (Å²) in [5, 5.41) is 20.2. The van der Waals surface area contributed by atoms with Gasteiger partial charge < -0.3 is 15.7 Å². The van der Waals surface area contributed by atoms with E-state index in [0.29, 0.717) is 22.5 Å². The first kappa shape index (κ1) is 20.6. The maximum Gasteiger partial charge on any atom is 0.342 e. The standard InChI is InChI=1S/C23H23FN4O3/c1-14(29)26-17-9-10-18(22(30)11-17)20-12-21(15-6-4-7-15)28(27-20)23(31)25-13-16-5-2-3-8-19(16)24/h2-3,5,8-12,15,30H,4,6-7,13H2,1H3,(H,25,31)(H,26,29). The molecule has 8 heteroatoms. The molecule has 3 aromatic rings. The molecular formula is C23H23FN4O3. The number of carbonyl (C=O) groups excluding carboxylic acids is 2. The molecule has 7 nitrogen and oxygen atoms in total. The van der Waals surface area contributed by atoms with E-state index in [9.17, 15) is 19.1 Å². The van der Waals surface area contributed by atoms with Gasteiger partial charge in [-0.05, 0) is 37.1 Å². The number of anilines is 1. The number of nitrogens with zero attached hydrogens (tertiary/aromatic N) is 2. The average molecular weight is 422 g/mol. The Bertz CT molecular complexity index is 1140. The monoisotopic (exact) mass is 422 g/mol. The number of carbonyl (C=O) groups is 2. The summed E-state index contributed by atoms with van der Waals surface area (Å²) in [6, 6.07) is 12.4. The van der Waals surface area contributed by atoms with Crippen molar-refractivity contribution < 1.29 is 19.1 Å². The van der Waals surface area contributed by atoms with Crippen LogP contribution >= 0.6 is 0 Å². The zero-order valence-corrected chi connectivity index (χ0v) is 17.1. The quantitative estimate of drug-likeness (QED) is 0.569. The summed E-state index contributed by atoms with van der Waals surface area (Å²) < 4.78 is 15.2. The minimum Gasteiger partial charge on any atom is -0.507 e. The number of nitrogens with one attached hydrogen (secondary N) is 2. The third-order valence-corrected chi connectivity index (χ3v) is 5.43. The molecule has 1 aliphatic rings. The van der Waals surface area contributed by atoms with Gasteiger partial charge in [-0.25, -0.2) is 9.18 Å². The fraction of sp³-hybridized carbons (Fsp3) is 0.261. The highest BCUT2D eigenvalue weighted by Crippen LogP contribution is 2.39. The molecule has 31 heavy (non-hydrogen) atoms. The number of rotatable bonds is 5. The van der Waals surface area contributed by atoms with E-state index in [1.807, 2.05) is 0 Å². The van der Waals surface area contributed by atoms with E-state index in [0.717, 1.165) is 25.0 Å². The molecule has 0 bridgehead atoms. The Morgan fingerprint density at radius 1 is 1.19 bits per heavy atom. The summed E-state index contributed by atoms with van der Waals surface area (Å²) in [4.78, 5) is 24.1. The van der Waals surface area contributed by atoms with E-state index in [-0.39, 0.29) is 29.9 Å². The number of benzene rings is 2. The molecule has 1 heterocycles. The molecule has 3 N–H and O–H groups in total. The van der Waals surface area contributed by atoms with Gasteiger partial charge in [0.1, 0.15) is 11.6 Å². The molecule has 160 valence electrons. The summed E-state index contributed by atoms with van der Waals surface area (Å²) in [5.74, 6) is -0.466.